The van der Waals surface area contributed by atoms with E-state index in [1.165, 1.54) is 0 Å². The number of aromatic amines is 1. The monoisotopic (exact) mass is 316 g/mol. The van der Waals surface area contributed by atoms with E-state index in [1.807, 2.05) is 17.5 Å². The van der Waals surface area contributed by atoms with E-state index in [4.69, 9.17) is 17.0 Å². The lowest BCUT2D eigenvalue weighted by atomic mass is 10.4. The van der Waals surface area contributed by atoms with Gasteiger partial charge in [0.15, 0.2) is 0 Å². The Bertz CT molecular complexity index is 550. The van der Waals surface area contributed by atoms with Crippen molar-refractivity contribution in [1.29, 1.82) is 0 Å². The molecule has 0 bridgehead atoms. The van der Waals surface area contributed by atoms with E-state index in [-0.39, 0.29) is 0 Å². The van der Waals surface area contributed by atoms with Crippen molar-refractivity contribution in [3.8, 4) is 10.7 Å². The number of hydrogen-bond donors (Lipinski definition) is 1. The van der Waals surface area contributed by atoms with Gasteiger partial charge in [-0.3, -0.25) is 0 Å². The van der Waals surface area contributed by atoms with Crippen molar-refractivity contribution in [3.05, 3.63) is 32.3 Å². The van der Waals surface area contributed by atoms with Gasteiger partial charge in [0, 0.05) is 22.7 Å². The summed E-state index contributed by atoms with van der Waals surface area (Å²) in [6.45, 7) is 0.506. The zero-order valence-corrected chi connectivity index (χ0v) is 11.7. The normalized spacial score (nSPS) is 10.6. The Morgan fingerprint density at radius 2 is 2.38 bits per heavy atom. The van der Waals surface area contributed by atoms with E-state index in [1.54, 1.807) is 18.4 Å². The Morgan fingerprint density at radius 1 is 1.56 bits per heavy atom. The highest BCUT2D eigenvalue weighted by molar-refractivity contribution is 9.10. The molecule has 0 unspecified atom stereocenters. The molecule has 84 valence electrons. The first-order chi connectivity index (χ1) is 7.69. The second kappa shape index (κ2) is 5.18. The van der Waals surface area contributed by atoms with Crippen LogP contribution in [0, 0.1) is 4.64 Å². The Morgan fingerprint density at radius 3 is 3.00 bits per heavy atom. The smallest absolute Gasteiger partial charge is 0.149 e. The number of ether oxygens (including phenoxy) is 1. The highest BCUT2D eigenvalue weighted by Gasteiger charge is 2.05. The fourth-order valence-corrected chi connectivity index (χ4v) is 2.90. The average Bonchev–Trinajstić information content (AvgIpc) is 2.64. The Labute approximate surface area is 111 Å². The number of hydrogen-bond acceptors (Lipinski definition) is 4. The molecular weight excluding hydrogens is 308 g/mol. The summed E-state index contributed by atoms with van der Waals surface area (Å²) < 4.78 is 6.69. The Kier molecular flexibility index (Phi) is 3.86. The van der Waals surface area contributed by atoms with Gasteiger partial charge in [0.1, 0.15) is 10.5 Å². The molecule has 0 radical (unpaired) electrons. The van der Waals surface area contributed by atoms with Crippen molar-refractivity contribution in [2.75, 3.05) is 7.11 Å². The quantitative estimate of drug-likeness (QED) is 0.876. The molecule has 2 heterocycles. The maximum Gasteiger partial charge on any atom is 0.149 e. The largest absolute Gasteiger partial charge is 0.378 e. The van der Waals surface area contributed by atoms with Crippen LogP contribution in [0.15, 0.2) is 22.0 Å². The first-order valence-electron chi connectivity index (χ1n) is 4.52. The number of rotatable bonds is 3. The minimum Gasteiger partial charge on any atom is -0.378 e. The van der Waals surface area contributed by atoms with Crippen LogP contribution in [0.5, 0.6) is 0 Å². The van der Waals surface area contributed by atoms with E-state index < -0.39 is 0 Å². The van der Waals surface area contributed by atoms with Crippen LogP contribution in [-0.4, -0.2) is 17.1 Å². The van der Waals surface area contributed by atoms with Gasteiger partial charge < -0.3 is 9.72 Å². The molecule has 2 aromatic rings. The summed E-state index contributed by atoms with van der Waals surface area (Å²) in [5.41, 5.74) is 0.932. The molecule has 0 aromatic carbocycles. The molecule has 0 aliphatic carbocycles. The average molecular weight is 317 g/mol. The van der Waals surface area contributed by atoms with Gasteiger partial charge in [-0.15, -0.1) is 11.3 Å². The first-order valence-corrected chi connectivity index (χ1v) is 6.60. The second-order valence-electron chi connectivity index (χ2n) is 3.16. The summed E-state index contributed by atoms with van der Waals surface area (Å²) in [5.74, 6) is 0.787. The van der Waals surface area contributed by atoms with Crippen LogP contribution in [0.2, 0.25) is 0 Å². The standard InChI is InChI=1S/C10H9BrN2OS2/c1-14-4-7-3-9(15)13-10(12-7)8-2-6(11)5-16-8/h2-3,5H,4H2,1H3,(H,12,13,15). The SMILES string of the molecule is COCc1cc(=S)nc(-c2cc(Br)cs2)[nH]1. The van der Waals surface area contributed by atoms with Gasteiger partial charge in [0.25, 0.3) is 0 Å². The molecule has 0 atom stereocenters. The summed E-state index contributed by atoms with van der Waals surface area (Å²) in [6.07, 6.45) is 0. The molecule has 0 aliphatic heterocycles. The summed E-state index contributed by atoms with van der Waals surface area (Å²) in [7, 11) is 1.65. The molecule has 0 saturated carbocycles. The van der Waals surface area contributed by atoms with Crippen LogP contribution in [0.4, 0.5) is 0 Å². The Hall–Kier alpha value is -0.560. The topological polar surface area (TPSA) is 37.9 Å². The van der Waals surface area contributed by atoms with Crippen molar-refractivity contribution in [2.45, 2.75) is 6.61 Å². The molecule has 0 saturated heterocycles. The van der Waals surface area contributed by atoms with Gasteiger partial charge >= 0.3 is 0 Å². The Balaban J connectivity index is 2.44. The zero-order chi connectivity index (χ0) is 11.5. The van der Waals surface area contributed by atoms with Gasteiger partial charge in [-0.1, -0.05) is 12.2 Å². The predicted octanol–water partition coefficient (Wildman–Crippen LogP) is 3.78. The van der Waals surface area contributed by atoms with Crippen LogP contribution in [0.1, 0.15) is 5.69 Å². The van der Waals surface area contributed by atoms with E-state index in [2.05, 4.69) is 25.9 Å². The molecule has 3 nitrogen and oxygen atoms in total. The minimum absolute atomic E-state index is 0.506. The number of H-pyrrole nitrogens is 1. The predicted molar refractivity (Wildman–Crippen MR) is 71.1 cm³/mol. The molecule has 0 spiro atoms. The van der Waals surface area contributed by atoms with Gasteiger partial charge in [-0.05, 0) is 28.1 Å². The molecule has 0 amide bonds. The van der Waals surface area contributed by atoms with E-state index in [9.17, 15) is 0 Å². The van der Waals surface area contributed by atoms with E-state index >= 15 is 0 Å². The molecule has 2 aromatic heterocycles. The van der Waals surface area contributed by atoms with Crippen LogP contribution in [-0.2, 0) is 11.3 Å². The highest BCUT2D eigenvalue weighted by atomic mass is 79.9. The summed E-state index contributed by atoms with van der Waals surface area (Å²) in [6, 6.07) is 3.82. The van der Waals surface area contributed by atoms with Crippen LogP contribution in [0.25, 0.3) is 10.7 Å². The van der Waals surface area contributed by atoms with Crippen LogP contribution < -0.4 is 0 Å². The summed E-state index contributed by atoms with van der Waals surface area (Å²) in [5, 5.41) is 2.01. The maximum atomic E-state index is 5.11. The van der Waals surface area contributed by atoms with Crippen molar-refractivity contribution >= 4 is 39.5 Å². The van der Waals surface area contributed by atoms with Crippen molar-refractivity contribution in [2.24, 2.45) is 0 Å². The number of nitrogens with zero attached hydrogens (tertiary/aromatic N) is 1. The maximum absolute atomic E-state index is 5.11. The molecule has 6 heteroatoms. The highest BCUT2D eigenvalue weighted by Crippen LogP contribution is 2.27. The molecule has 16 heavy (non-hydrogen) atoms. The third-order valence-electron chi connectivity index (χ3n) is 1.90. The fraction of sp³-hybridized carbons (Fsp3) is 0.200. The third kappa shape index (κ3) is 2.76. The van der Waals surface area contributed by atoms with Gasteiger partial charge in [0.05, 0.1) is 11.5 Å². The molecule has 1 N–H and O–H groups in total. The van der Waals surface area contributed by atoms with Gasteiger partial charge in [-0.25, -0.2) is 4.98 Å². The molecule has 2 rings (SSSR count). The van der Waals surface area contributed by atoms with Crippen molar-refractivity contribution < 1.29 is 4.74 Å². The molecule has 0 aliphatic rings. The minimum atomic E-state index is 0.506. The van der Waals surface area contributed by atoms with Gasteiger partial charge in [0.2, 0.25) is 0 Å². The lowest BCUT2D eigenvalue weighted by Crippen LogP contribution is -1.96. The number of halogens is 1. The summed E-state index contributed by atoms with van der Waals surface area (Å²) >= 11 is 10.1. The first kappa shape index (κ1) is 11.9. The fourth-order valence-electron chi connectivity index (χ4n) is 1.29. The zero-order valence-electron chi connectivity index (χ0n) is 8.49. The summed E-state index contributed by atoms with van der Waals surface area (Å²) in [4.78, 5) is 8.55. The van der Waals surface area contributed by atoms with Crippen LogP contribution in [0.3, 0.4) is 0 Å². The van der Waals surface area contributed by atoms with Gasteiger partial charge in [-0.2, -0.15) is 0 Å². The van der Waals surface area contributed by atoms with Crippen molar-refractivity contribution in [3.63, 3.8) is 0 Å². The number of thiophene rings is 1. The number of methoxy groups -OCH3 is 1. The lowest BCUT2D eigenvalue weighted by molar-refractivity contribution is 0.181. The number of nitrogens with one attached hydrogen (secondary N) is 1. The molecule has 0 fully saturated rings. The second-order valence-corrected chi connectivity index (χ2v) is 5.40. The molecular formula is C10H9BrN2OS2. The lowest BCUT2D eigenvalue weighted by Gasteiger charge is -2.03. The third-order valence-corrected chi connectivity index (χ3v) is 3.81. The van der Waals surface area contributed by atoms with E-state index in [0.29, 0.717) is 11.2 Å². The van der Waals surface area contributed by atoms with E-state index in [0.717, 1.165) is 20.9 Å². The number of aromatic nitrogens is 2. The van der Waals surface area contributed by atoms with Crippen molar-refractivity contribution in [1.82, 2.24) is 9.97 Å². The van der Waals surface area contributed by atoms with Crippen LogP contribution >= 0.6 is 39.5 Å².